The van der Waals surface area contributed by atoms with E-state index in [1.165, 1.54) is 0 Å². The molecule has 4 heteroatoms. The lowest BCUT2D eigenvalue weighted by molar-refractivity contribution is 0.228. The average molecular weight is 329 g/mol. The summed E-state index contributed by atoms with van der Waals surface area (Å²) in [6.07, 6.45) is 3.17. The van der Waals surface area contributed by atoms with Gasteiger partial charge in [0.1, 0.15) is 0 Å². The van der Waals surface area contributed by atoms with Gasteiger partial charge in [-0.2, -0.15) is 0 Å². The van der Waals surface area contributed by atoms with Crippen molar-refractivity contribution in [2.45, 2.75) is 116 Å². The number of nitrogens with one attached hydrogen (secondary N) is 3. The summed E-state index contributed by atoms with van der Waals surface area (Å²) in [7, 11) is 2.03. The number of hydrogen-bond acceptors (Lipinski definition) is 4. The zero-order valence-electron chi connectivity index (χ0n) is 17.4. The van der Waals surface area contributed by atoms with Crippen molar-refractivity contribution in [3.05, 3.63) is 0 Å². The fourth-order valence-corrected chi connectivity index (χ4v) is 3.99. The Hall–Kier alpha value is -0.160. The van der Waals surface area contributed by atoms with E-state index < -0.39 is 0 Å². The van der Waals surface area contributed by atoms with Gasteiger partial charge in [-0.25, -0.2) is 0 Å². The Kier molecular flexibility index (Phi) is 8.73. The molecule has 0 bridgehead atoms. The number of nitrogens with two attached hydrogens (primary N) is 1. The van der Waals surface area contributed by atoms with Gasteiger partial charge < -0.3 is 21.7 Å². The van der Waals surface area contributed by atoms with Crippen LogP contribution in [-0.4, -0.2) is 41.8 Å². The van der Waals surface area contributed by atoms with E-state index in [1.54, 1.807) is 0 Å². The van der Waals surface area contributed by atoms with Gasteiger partial charge in [0.05, 0.1) is 0 Å². The molecule has 140 valence electrons. The van der Waals surface area contributed by atoms with E-state index in [1.807, 2.05) is 7.05 Å². The van der Waals surface area contributed by atoms with E-state index in [0.29, 0.717) is 12.1 Å². The second-order valence-corrected chi connectivity index (χ2v) is 9.58. The van der Waals surface area contributed by atoms with Crippen molar-refractivity contribution in [3.8, 4) is 0 Å². The van der Waals surface area contributed by atoms with Gasteiger partial charge in [0, 0.05) is 34.7 Å². The van der Waals surface area contributed by atoms with Gasteiger partial charge in [-0.3, -0.25) is 0 Å². The van der Waals surface area contributed by atoms with Crippen molar-refractivity contribution in [2.24, 2.45) is 5.73 Å². The summed E-state index contributed by atoms with van der Waals surface area (Å²) >= 11 is 0. The van der Waals surface area contributed by atoms with Crippen LogP contribution in [0.1, 0.15) is 81.6 Å². The van der Waals surface area contributed by atoms with E-state index in [2.05, 4.69) is 78.3 Å². The molecule has 0 fully saturated rings. The van der Waals surface area contributed by atoms with Crippen LogP contribution in [0.4, 0.5) is 0 Å². The van der Waals surface area contributed by atoms with Crippen molar-refractivity contribution in [3.63, 3.8) is 0 Å². The lowest BCUT2D eigenvalue weighted by Crippen LogP contribution is -2.54. The van der Waals surface area contributed by atoms with Crippen LogP contribution < -0.4 is 21.7 Å². The molecule has 0 aromatic carbocycles. The molecule has 4 nitrogen and oxygen atoms in total. The molecule has 0 aliphatic carbocycles. The molecule has 0 heterocycles. The minimum Gasteiger partial charge on any atom is -0.328 e. The Labute approximate surface area is 145 Å². The van der Waals surface area contributed by atoms with E-state index in [-0.39, 0.29) is 22.7 Å². The van der Waals surface area contributed by atoms with Crippen LogP contribution in [0.25, 0.3) is 0 Å². The topological polar surface area (TPSA) is 62.1 Å². The SMILES string of the molecule is CNC(C)(C)CC(C)NC(C)(C)CC(C)NC(C)(C)CC(C)N. The monoisotopic (exact) mass is 328 g/mol. The van der Waals surface area contributed by atoms with Crippen molar-refractivity contribution in [2.75, 3.05) is 7.05 Å². The highest BCUT2D eigenvalue weighted by atomic mass is 15.0. The maximum atomic E-state index is 5.96. The van der Waals surface area contributed by atoms with E-state index in [9.17, 15) is 0 Å². The molecule has 0 aromatic heterocycles. The fraction of sp³-hybridized carbons (Fsp3) is 1.00. The van der Waals surface area contributed by atoms with E-state index >= 15 is 0 Å². The molecule has 23 heavy (non-hydrogen) atoms. The maximum Gasteiger partial charge on any atom is 0.0142 e. The fourth-order valence-electron chi connectivity index (χ4n) is 3.99. The number of hydrogen-bond donors (Lipinski definition) is 4. The van der Waals surface area contributed by atoms with Crippen molar-refractivity contribution < 1.29 is 0 Å². The molecule has 0 radical (unpaired) electrons. The molecule has 3 atom stereocenters. The van der Waals surface area contributed by atoms with Crippen LogP contribution in [0, 0.1) is 0 Å². The molecule has 0 saturated heterocycles. The standard InChI is InChI=1S/C19H44N4/c1-14(20)11-18(6,7)22-16(3)13-19(8,9)23-15(2)12-17(4,5)21-10/h14-16,21-23H,11-13,20H2,1-10H3. The zero-order chi connectivity index (χ0) is 18.5. The first-order valence-electron chi connectivity index (χ1n) is 9.18. The summed E-state index contributed by atoms with van der Waals surface area (Å²) in [5, 5.41) is 10.9. The van der Waals surface area contributed by atoms with Gasteiger partial charge in [0.15, 0.2) is 0 Å². The van der Waals surface area contributed by atoms with Gasteiger partial charge in [0.25, 0.3) is 0 Å². The normalized spacial score (nSPS) is 17.9. The Morgan fingerprint density at radius 1 is 0.696 bits per heavy atom. The van der Waals surface area contributed by atoms with Crippen LogP contribution >= 0.6 is 0 Å². The van der Waals surface area contributed by atoms with Crippen molar-refractivity contribution in [1.82, 2.24) is 16.0 Å². The molecule has 0 aromatic rings. The van der Waals surface area contributed by atoms with Gasteiger partial charge in [-0.15, -0.1) is 0 Å². The highest BCUT2D eigenvalue weighted by Gasteiger charge is 2.28. The van der Waals surface area contributed by atoms with Crippen LogP contribution in [0.2, 0.25) is 0 Å². The summed E-state index contributed by atoms with van der Waals surface area (Å²) in [6, 6.07) is 1.13. The molecule has 0 aliphatic heterocycles. The summed E-state index contributed by atoms with van der Waals surface area (Å²) in [6.45, 7) is 20.2. The molecule has 0 rings (SSSR count). The molecule has 5 N–H and O–H groups in total. The molecular weight excluding hydrogens is 284 g/mol. The van der Waals surface area contributed by atoms with Gasteiger partial charge in [-0.05, 0) is 88.6 Å². The smallest absolute Gasteiger partial charge is 0.0142 e. The Morgan fingerprint density at radius 3 is 1.39 bits per heavy atom. The van der Waals surface area contributed by atoms with Gasteiger partial charge in [0.2, 0.25) is 0 Å². The van der Waals surface area contributed by atoms with E-state index in [4.69, 9.17) is 5.73 Å². The predicted molar refractivity (Wildman–Crippen MR) is 104 cm³/mol. The Bertz CT molecular complexity index is 334. The summed E-state index contributed by atoms with van der Waals surface area (Å²) in [5.74, 6) is 0. The number of rotatable bonds is 11. The summed E-state index contributed by atoms with van der Waals surface area (Å²) in [5.41, 5.74) is 6.29. The van der Waals surface area contributed by atoms with Crippen LogP contribution in [0.15, 0.2) is 0 Å². The first kappa shape index (κ1) is 22.8. The summed E-state index contributed by atoms with van der Waals surface area (Å²) in [4.78, 5) is 0. The van der Waals surface area contributed by atoms with Crippen LogP contribution in [0.5, 0.6) is 0 Å². The Balaban J connectivity index is 4.49. The maximum absolute atomic E-state index is 5.96. The van der Waals surface area contributed by atoms with Crippen LogP contribution in [-0.2, 0) is 0 Å². The lowest BCUT2D eigenvalue weighted by atomic mass is 9.89. The molecule has 0 spiro atoms. The third-order valence-electron chi connectivity index (χ3n) is 4.42. The minimum atomic E-state index is 0.0728. The molecular formula is C19H44N4. The molecule has 3 unspecified atom stereocenters. The van der Waals surface area contributed by atoms with Gasteiger partial charge >= 0.3 is 0 Å². The third-order valence-corrected chi connectivity index (χ3v) is 4.42. The quantitative estimate of drug-likeness (QED) is 0.471. The lowest BCUT2D eigenvalue weighted by Gasteiger charge is -2.38. The minimum absolute atomic E-state index is 0.0728. The first-order chi connectivity index (χ1) is 10.2. The van der Waals surface area contributed by atoms with Crippen LogP contribution in [0.3, 0.4) is 0 Å². The third kappa shape index (κ3) is 11.1. The van der Waals surface area contributed by atoms with E-state index in [0.717, 1.165) is 19.3 Å². The zero-order valence-corrected chi connectivity index (χ0v) is 17.4. The summed E-state index contributed by atoms with van der Waals surface area (Å²) < 4.78 is 0. The molecule has 0 amide bonds. The molecule has 0 saturated carbocycles. The highest BCUT2D eigenvalue weighted by molar-refractivity contribution is 4.91. The highest BCUT2D eigenvalue weighted by Crippen LogP contribution is 2.19. The van der Waals surface area contributed by atoms with Gasteiger partial charge in [-0.1, -0.05) is 0 Å². The largest absolute Gasteiger partial charge is 0.328 e. The molecule has 0 aliphatic rings. The van der Waals surface area contributed by atoms with Crippen molar-refractivity contribution in [1.29, 1.82) is 0 Å². The predicted octanol–water partition coefficient (Wildman–Crippen LogP) is 3.02. The second-order valence-electron chi connectivity index (χ2n) is 9.58. The second kappa shape index (κ2) is 8.80. The Morgan fingerprint density at radius 2 is 1.04 bits per heavy atom. The van der Waals surface area contributed by atoms with Crippen molar-refractivity contribution >= 4 is 0 Å². The average Bonchev–Trinajstić information content (AvgIpc) is 2.22. The first-order valence-corrected chi connectivity index (χ1v) is 9.18.